The molecular formula is C20H22N4O4. The van der Waals surface area contributed by atoms with E-state index in [1.165, 1.54) is 25.0 Å². The van der Waals surface area contributed by atoms with Gasteiger partial charge in [0.25, 0.3) is 11.7 Å². The predicted molar refractivity (Wildman–Crippen MR) is 103 cm³/mol. The largest absolute Gasteiger partial charge is 0.469 e. The van der Waals surface area contributed by atoms with Gasteiger partial charge < -0.3 is 20.2 Å². The highest BCUT2D eigenvalue weighted by Gasteiger charge is 2.39. The minimum Gasteiger partial charge on any atom is -0.469 e. The zero-order chi connectivity index (χ0) is 19.5. The van der Waals surface area contributed by atoms with Crippen LogP contribution in [0, 0.1) is 10.1 Å². The van der Waals surface area contributed by atoms with Gasteiger partial charge in [0.2, 0.25) is 6.10 Å². The molecule has 8 heteroatoms. The van der Waals surface area contributed by atoms with Crippen molar-refractivity contribution < 1.29 is 14.5 Å². The second kappa shape index (κ2) is 7.93. The molecule has 2 aromatic rings. The first-order valence-corrected chi connectivity index (χ1v) is 9.55. The molecule has 1 aromatic heterocycles. The molecule has 0 bridgehead atoms. The Hall–Kier alpha value is -3.00. The average Bonchev–Trinajstić information content (AvgIpc) is 2.73. The second-order valence-electron chi connectivity index (χ2n) is 7.08. The maximum absolute atomic E-state index is 13.2. The SMILES string of the molecule is O=C1C(c2ccccc2)Oc2ccc([N+](=O)[O-])nc2N1CCC1CCCCN1. The lowest BCUT2D eigenvalue weighted by atomic mass is 10.0. The highest BCUT2D eigenvalue weighted by atomic mass is 16.6. The van der Waals surface area contributed by atoms with Crippen molar-refractivity contribution in [2.75, 3.05) is 18.0 Å². The summed E-state index contributed by atoms with van der Waals surface area (Å²) in [6.07, 6.45) is 3.38. The molecule has 1 aromatic carbocycles. The third-order valence-corrected chi connectivity index (χ3v) is 5.22. The Balaban J connectivity index is 1.65. The third-order valence-electron chi connectivity index (χ3n) is 5.22. The molecule has 8 nitrogen and oxygen atoms in total. The number of amides is 1. The molecular weight excluding hydrogens is 360 g/mol. The molecule has 146 valence electrons. The Kier molecular flexibility index (Phi) is 5.21. The van der Waals surface area contributed by atoms with Gasteiger partial charge in [0.05, 0.1) is 0 Å². The summed E-state index contributed by atoms with van der Waals surface area (Å²) >= 11 is 0. The molecule has 3 heterocycles. The van der Waals surface area contributed by atoms with Crippen molar-refractivity contribution in [3.8, 4) is 5.75 Å². The summed E-state index contributed by atoms with van der Waals surface area (Å²) in [5.41, 5.74) is 0.747. The van der Waals surface area contributed by atoms with Crippen LogP contribution in [-0.2, 0) is 4.79 Å². The maximum atomic E-state index is 13.2. The van der Waals surface area contributed by atoms with Crippen molar-refractivity contribution >= 4 is 17.5 Å². The van der Waals surface area contributed by atoms with Gasteiger partial charge in [-0.2, -0.15) is 0 Å². The van der Waals surface area contributed by atoms with Crippen molar-refractivity contribution in [2.45, 2.75) is 37.8 Å². The number of anilines is 1. The number of fused-ring (bicyclic) bond motifs is 1. The normalized spacial score (nSPS) is 21.7. The molecule has 2 unspecified atom stereocenters. The first kappa shape index (κ1) is 18.4. The topological polar surface area (TPSA) is 97.6 Å². The standard InChI is InChI=1S/C20H22N4O4/c25-20-18(14-6-2-1-3-7-14)28-16-9-10-17(24(26)27)22-19(16)23(20)13-11-15-8-4-5-12-21-15/h1-3,6-7,9-10,15,18,21H,4-5,8,11-13H2. The van der Waals surface area contributed by atoms with Crippen molar-refractivity contribution in [1.29, 1.82) is 0 Å². The van der Waals surface area contributed by atoms with Gasteiger partial charge in [-0.1, -0.05) is 36.8 Å². The summed E-state index contributed by atoms with van der Waals surface area (Å²) in [4.78, 5) is 29.4. The molecule has 4 rings (SSSR count). The van der Waals surface area contributed by atoms with E-state index in [1.54, 1.807) is 4.90 Å². The van der Waals surface area contributed by atoms with Crippen LogP contribution in [0.2, 0.25) is 0 Å². The number of piperidine rings is 1. The van der Waals surface area contributed by atoms with E-state index in [1.807, 2.05) is 30.3 Å². The summed E-state index contributed by atoms with van der Waals surface area (Å²) in [6, 6.07) is 12.4. The first-order valence-electron chi connectivity index (χ1n) is 9.55. The highest BCUT2D eigenvalue weighted by molar-refractivity contribution is 5.99. The van der Waals surface area contributed by atoms with E-state index in [0.29, 0.717) is 18.3 Å². The summed E-state index contributed by atoms with van der Waals surface area (Å²) in [5, 5.41) is 14.6. The van der Waals surface area contributed by atoms with Crippen LogP contribution in [-0.4, -0.2) is 34.9 Å². The fourth-order valence-corrected chi connectivity index (χ4v) is 3.75. The van der Waals surface area contributed by atoms with E-state index < -0.39 is 11.0 Å². The maximum Gasteiger partial charge on any atom is 0.366 e. The molecule has 1 saturated heterocycles. The molecule has 0 radical (unpaired) electrons. The molecule has 2 aliphatic rings. The molecule has 2 atom stereocenters. The molecule has 0 saturated carbocycles. The van der Waals surface area contributed by atoms with Gasteiger partial charge in [-0.25, -0.2) is 0 Å². The van der Waals surface area contributed by atoms with Crippen molar-refractivity contribution in [1.82, 2.24) is 10.3 Å². The smallest absolute Gasteiger partial charge is 0.366 e. The van der Waals surface area contributed by atoms with E-state index in [0.717, 1.165) is 24.9 Å². The molecule has 0 aliphatic carbocycles. The van der Waals surface area contributed by atoms with Gasteiger partial charge in [0.15, 0.2) is 5.75 Å². The zero-order valence-corrected chi connectivity index (χ0v) is 15.4. The summed E-state index contributed by atoms with van der Waals surface area (Å²) < 4.78 is 5.90. The van der Waals surface area contributed by atoms with Crippen LogP contribution in [0.15, 0.2) is 42.5 Å². The van der Waals surface area contributed by atoms with E-state index >= 15 is 0 Å². The van der Waals surface area contributed by atoms with Crippen LogP contribution < -0.4 is 15.0 Å². The number of pyridine rings is 1. The van der Waals surface area contributed by atoms with Gasteiger partial charge in [0.1, 0.15) is 0 Å². The van der Waals surface area contributed by atoms with Crippen LogP contribution in [0.5, 0.6) is 5.75 Å². The minimum atomic E-state index is -0.781. The number of hydrogen-bond donors (Lipinski definition) is 1. The number of aromatic nitrogens is 1. The lowest BCUT2D eigenvalue weighted by molar-refractivity contribution is -0.389. The summed E-state index contributed by atoms with van der Waals surface area (Å²) in [6.45, 7) is 1.42. The number of nitrogens with zero attached hydrogens (tertiary/aromatic N) is 3. The van der Waals surface area contributed by atoms with E-state index in [2.05, 4.69) is 10.3 Å². The Bertz CT molecular complexity index is 868. The van der Waals surface area contributed by atoms with Crippen LogP contribution in [0.4, 0.5) is 11.6 Å². The number of ether oxygens (including phenoxy) is 1. The Morgan fingerprint density at radius 3 is 2.75 bits per heavy atom. The Morgan fingerprint density at radius 2 is 2.04 bits per heavy atom. The predicted octanol–water partition coefficient (Wildman–Crippen LogP) is 2.99. The highest BCUT2D eigenvalue weighted by Crippen LogP contribution is 2.39. The van der Waals surface area contributed by atoms with Gasteiger partial charge in [-0.15, -0.1) is 0 Å². The minimum absolute atomic E-state index is 0.224. The van der Waals surface area contributed by atoms with E-state index in [4.69, 9.17) is 4.74 Å². The monoisotopic (exact) mass is 382 g/mol. The number of benzene rings is 1. The fraction of sp³-hybridized carbons (Fsp3) is 0.400. The van der Waals surface area contributed by atoms with E-state index in [9.17, 15) is 14.9 Å². The van der Waals surface area contributed by atoms with Crippen molar-refractivity contribution in [3.63, 3.8) is 0 Å². The van der Waals surface area contributed by atoms with Crippen LogP contribution >= 0.6 is 0 Å². The van der Waals surface area contributed by atoms with Gasteiger partial charge in [-0.05, 0) is 41.8 Å². The average molecular weight is 382 g/mol. The zero-order valence-electron chi connectivity index (χ0n) is 15.4. The summed E-state index contributed by atoms with van der Waals surface area (Å²) in [5.74, 6) is 0.0643. The van der Waals surface area contributed by atoms with E-state index in [-0.39, 0.29) is 17.5 Å². The molecule has 1 N–H and O–H groups in total. The van der Waals surface area contributed by atoms with Gasteiger partial charge in [0, 0.05) is 24.2 Å². The van der Waals surface area contributed by atoms with Gasteiger partial charge >= 0.3 is 5.82 Å². The molecule has 1 amide bonds. The number of carbonyl (C=O) groups excluding carboxylic acids is 1. The number of hydrogen-bond acceptors (Lipinski definition) is 6. The third kappa shape index (κ3) is 3.68. The molecule has 2 aliphatic heterocycles. The second-order valence-corrected chi connectivity index (χ2v) is 7.08. The van der Waals surface area contributed by atoms with Crippen molar-refractivity contribution in [3.05, 3.63) is 58.1 Å². The summed E-state index contributed by atoms with van der Waals surface area (Å²) in [7, 11) is 0. The van der Waals surface area contributed by atoms with Gasteiger partial charge in [-0.3, -0.25) is 9.69 Å². The molecule has 28 heavy (non-hydrogen) atoms. The van der Waals surface area contributed by atoms with Crippen LogP contribution in [0.1, 0.15) is 37.4 Å². The first-order chi connectivity index (χ1) is 13.6. The molecule has 1 fully saturated rings. The number of nitro groups is 1. The Morgan fingerprint density at radius 1 is 1.21 bits per heavy atom. The fourth-order valence-electron chi connectivity index (χ4n) is 3.75. The van der Waals surface area contributed by atoms with Crippen LogP contribution in [0.25, 0.3) is 0 Å². The lowest BCUT2D eigenvalue weighted by Gasteiger charge is -2.33. The lowest BCUT2D eigenvalue weighted by Crippen LogP contribution is -2.44. The number of carbonyl (C=O) groups is 1. The number of nitrogens with one attached hydrogen (secondary N) is 1. The Labute approximate surface area is 162 Å². The van der Waals surface area contributed by atoms with Crippen molar-refractivity contribution in [2.24, 2.45) is 0 Å². The molecule has 0 spiro atoms. The quantitative estimate of drug-likeness (QED) is 0.631. The number of rotatable bonds is 5. The van der Waals surface area contributed by atoms with Crippen LogP contribution in [0.3, 0.4) is 0 Å².